The van der Waals surface area contributed by atoms with Crippen LogP contribution in [0.4, 0.5) is 0 Å². The zero-order valence-electron chi connectivity index (χ0n) is 11.7. The highest BCUT2D eigenvalue weighted by molar-refractivity contribution is 5.40. The van der Waals surface area contributed by atoms with Crippen molar-refractivity contribution in [2.45, 2.75) is 19.0 Å². The van der Waals surface area contributed by atoms with Crippen molar-refractivity contribution in [3.05, 3.63) is 66.1 Å². The van der Waals surface area contributed by atoms with E-state index in [0.29, 0.717) is 12.6 Å². The zero-order chi connectivity index (χ0) is 14.1. The van der Waals surface area contributed by atoms with E-state index in [0.717, 1.165) is 24.4 Å². The van der Waals surface area contributed by atoms with Crippen LogP contribution in [0.25, 0.3) is 5.65 Å². The summed E-state index contributed by atoms with van der Waals surface area (Å²) in [5.41, 5.74) is 3.43. The minimum absolute atomic E-state index is 0.342. The van der Waals surface area contributed by atoms with Crippen molar-refractivity contribution in [2.75, 3.05) is 6.61 Å². The number of imidazole rings is 1. The van der Waals surface area contributed by atoms with Crippen molar-refractivity contribution in [3.8, 4) is 5.75 Å². The third-order valence-corrected chi connectivity index (χ3v) is 3.94. The minimum atomic E-state index is 0.342. The quantitative estimate of drug-likeness (QED) is 0.800. The SMILES string of the molecule is c1ccc2c(c1)CC(NCc1cnc3ccccn13)CO2. The molecule has 1 aliphatic rings. The summed E-state index contributed by atoms with van der Waals surface area (Å²) in [4.78, 5) is 4.41. The van der Waals surface area contributed by atoms with E-state index in [9.17, 15) is 0 Å². The largest absolute Gasteiger partial charge is 0.492 e. The Hall–Kier alpha value is -2.33. The Labute approximate surface area is 123 Å². The van der Waals surface area contributed by atoms with Crippen LogP contribution in [0.2, 0.25) is 0 Å². The van der Waals surface area contributed by atoms with Crippen LogP contribution in [0.1, 0.15) is 11.3 Å². The van der Waals surface area contributed by atoms with Gasteiger partial charge in [0.15, 0.2) is 0 Å². The third kappa shape index (κ3) is 2.38. The summed E-state index contributed by atoms with van der Waals surface area (Å²) in [6.07, 6.45) is 4.99. The molecule has 106 valence electrons. The Kier molecular flexibility index (Phi) is 3.09. The maximum absolute atomic E-state index is 5.81. The number of fused-ring (bicyclic) bond motifs is 2. The first-order valence-corrected chi connectivity index (χ1v) is 7.25. The molecule has 2 aromatic heterocycles. The van der Waals surface area contributed by atoms with Gasteiger partial charge in [-0.25, -0.2) is 4.98 Å². The standard InChI is InChI=1S/C17H17N3O/c1-2-6-16-13(5-1)9-14(12-21-16)18-10-15-11-19-17-7-3-4-8-20(15)17/h1-8,11,14,18H,9-10,12H2. The van der Waals surface area contributed by atoms with Gasteiger partial charge in [-0.1, -0.05) is 24.3 Å². The number of nitrogens with one attached hydrogen (secondary N) is 1. The minimum Gasteiger partial charge on any atom is -0.492 e. The summed E-state index contributed by atoms with van der Waals surface area (Å²) < 4.78 is 7.92. The fraction of sp³-hybridized carbons (Fsp3) is 0.235. The van der Waals surface area contributed by atoms with Gasteiger partial charge in [0.05, 0.1) is 11.9 Å². The van der Waals surface area contributed by atoms with E-state index >= 15 is 0 Å². The lowest BCUT2D eigenvalue weighted by molar-refractivity contribution is 0.237. The Balaban J connectivity index is 1.46. The number of rotatable bonds is 3. The summed E-state index contributed by atoms with van der Waals surface area (Å²) in [6.45, 7) is 1.51. The van der Waals surface area contributed by atoms with Crippen LogP contribution < -0.4 is 10.1 Å². The second kappa shape index (κ2) is 5.22. The van der Waals surface area contributed by atoms with E-state index in [4.69, 9.17) is 4.74 Å². The fourth-order valence-corrected chi connectivity index (χ4v) is 2.82. The van der Waals surface area contributed by atoms with Gasteiger partial charge < -0.3 is 14.5 Å². The monoisotopic (exact) mass is 279 g/mol. The predicted molar refractivity (Wildman–Crippen MR) is 81.5 cm³/mol. The summed E-state index contributed by atoms with van der Waals surface area (Å²) >= 11 is 0. The second-order valence-corrected chi connectivity index (χ2v) is 5.38. The third-order valence-electron chi connectivity index (χ3n) is 3.94. The first kappa shape index (κ1) is 12.4. The van der Waals surface area contributed by atoms with Gasteiger partial charge in [0, 0.05) is 18.8 Å². The lowest BCUT2D eigenvalue weighted by Gasteiger charge is -2.26. The highest BCUT2D eigenvalue weighted by Crippen LogP contribution is 2.24. The van der Waals surface area contributed by atoms with Crippen molar-refractivity contribution in [1.82, 2.24) is 14.7 Å². The lowest BCUT2D eigenvalue weighted by atomic mass is 10.0. The first-order valence-electron chi connectivity index (χ1n) is 7.25. The molecular weight excluding hydrogens is 262 g/mol. The molecule has 4 heteroatoms. The average Bonchev–Trinajstić information content (AvgIpc) is 2.96. The maximum Gasteiger partial charge on any atom is 0.136 e. The van der Waals surface area contributed by atoms with Crippen LogP contribution in [0, 0.1) is 0 Å². The normalized spacial score (nSPS) is 17.4. The number of aromatic nitrogens is 2. The molecule has 1 atom stereocenters. The number of hydrogen-bond donors (Lipinski definition) is 1. The fourth-order valence-electron chi connectivity index (χ4n) is 2.82. The van der Waals surface area contributed by atoms with Crippen molar-refractivity contribution >= 4 is 5.65 Å². The molecule has 4 rings (SSSR count). The number of benzene rings is 1. The molecule has 1 aliphatic heterocycles. The number of nitrogens with zero attached hydrogens (tertiary/aromatic N) is 2. The Morgan fingerprint density at radius 2 is 2.10 bits per heavy atom. The summed E-state index contributed by atoms with van der Waals surface area (Å²) in [5.74, 6) is 1.02. The molecule has 0 spiro atoms. The van der Waals surface area contributed by atoms with Crippen LogP contribution in [0.3, 0.4) is 0 Å². The van der Waals surface area contributed by atoms with Crippen molar-refractivity contribution in [2.24, 2.45) is 0 Å². The Morgan fingerprint density at radius 1 is 1.19 bits per heavy atom. The topological polar surface area (TPSA) is 38.6 Å². The van der Waals surface area contributed by atoms with E-state index in [1.165, 1.54) is 11.3 Å². The molecule has 4 nitrogen and oxygen atoms in total. The molecule has 0 saturated heterocycles. The smallest absolute Gasteiger partial charge is 0.136 e. The Bertz CT molecular complexity index is 765. The van der Waals surface area contributed by atoms with Crippen molar-refractivity contribution < 1.29 is 4.74 Å². The van der Waals surface area contributed by atoms with Crippen LogP contribution >= 0.6 is 0 Å². The number of ether oxygens (including phenoxy) is 1. The first-order chi connectivity index (χ1) is 10.4. The van der Waals surface area contributed by atoms with Gasteiger partial charge in [0.25, 0.3) is 0 Å². The van der Waals surface area contributed by atoms with Gasteiger partial charge in [-0.05, 0) is 30.2 Å². The van der Waals surface area contributed by atoms with E-state index in [2.05, 4.69) is 26.8 Å². The molecule has 0 fully saturated rings. The molecule has 0 radical (unpaired) electrons. The number of para-hydroxylation sites is 1. The average molecular weight is 279 g/mol. The molecule has 0 bridgehead atoms. The maximum atomic E-state index is 5.81. The second-order valence-electron chi connectivity index (χ2n) is 5.38. The van der Waals surface area contributed by atoms with Gasteiger partial charge in [0.1, 0.15) is 18.0 Å². The molecule has 3 aromatic rings. The number of pyridine rings is 1. The Morgan fingerprint density at radius 3 is 3.10 bits per heavy atom. The summed E-state index contributed by atoms with van der Waals surface area (Å²) in [7, 11) is 0. The van der Waals surface area contributed by atoms with E-state index < -0.39 is 0 Å². The molecular formula is C17H17N3O. The summed E-state index contributed by atoms with van der Waals surface area (Å²) in [6, 6.07) is 14.6. The molecule has 0 aliphatic carbocycles. The summed E-state index contributed by atoms with van der Waals surface area (Å²) in [5, 5.41) is 3.57. The molecule has 3 heterocycles. The van der Waals surface area contributed by atoms with Crippen LogP contribution in [-0.4, -0.2) is 22.0 Å². The van der Waals surface area contributed by atoms with E-state index in [1.54, 1.807) is 0 Å². The molecule has 21 heavy (non-hydrogen) atoms. The van der Waals surface area contributed by atoms with Gasteiger partial charge in [-0.15, -0.1) is 0 Å². The van der Waals surface area contributed by atoms with Crippen molar-refractivity contribution in [3.63, 3.8) is 0 Å². The molecule has 0 amide bonds. The molecule has 1 aromatic carbocycles. The lowest BCUT2D eigenvalue weighted by Crippen LogP contribution is -2.39. The number of hydrogen-bond acceptors (Lipinski definition) is 3. The molecule has 1 N–H and O–H groups in total. The van der Waals surface area contributed by atoms with Gasteiger partial charge in [-0.3, -0.25) is 0 Å². The van der Waals surface area contributed by atoms with E-state index in [1.807, 2.05) is 42.7 Å². The van der Waals surface area contributed by atoms with Crippen molar-refractivity contribution in [1.29, 1.82) is 0 Å². The van der Waals surface area contributed by atoms with Crippen LogP contribution in [0.15, 0.2) is 54.9 Å². The predicted octanol–water partition coefficient (Wildman–Crippen LogP) is 2.43. The highest BCUT2D eigenvalue weighted by atomic mass is 16.5. The van der Waals surface area contributed by atoms with Crippen LogP contribution in [0.5, 0.6) is 5.75 Å². The molecule has 1 unspecified atom stereocenters. The molecule has 0 saturated carbocycles. The van der Waals surface area contributed by atoms with E-state index in [-0.39, 0.29) is 0 Å². The van der Waals surface area contributed by atoms with Gasteiger partial charge in [0.2, 0.25) is 0 Å². The van der Waals surface area contributed by atoms with Gasteiger partial charge >= 0.3 is 0 Å². The van der Waals surface area contributed by atoms with Crippen LogP contribution in [-0.2, 0) is 13.0 Å². The highest BCUT2D eigenvalue weighted by Gasteiger charge is 2.19. The van der Waals surface area contributed by atoms with Gasteiger partial charge in [-0.2, -0.15) is 0 Å². The zero-order valence-corrected chi connectivity index (χ0v) is 11.7.